The number of aryl methyl sites for hydroxylation is 1. The van der Waals surface area contributed by atoms with E-state index >= 15 is 0 Å². The minimum Gasteiger partial charge on any atom is -0.489 e. The summed E-state index contributed by atoms with van der Waals surface area (Å²) >= 11 is 0. The van der Waals surface area contributed by atoms with Crippen molar-refractivity contribution in [1.29, 1.82) is 0 Å². The van der Waals surface area contributed by atoms with E-state index in [2.05, 4.69) is 19.1 Å². The zero-order valence-corrected chi connectivity index (χ0v) is 9.98. The van der Waals surface area contributed by atoms with Crippen molar-refractivity contribution in [3.8, 4) is 5.75 Å². The van der Waals surface area contributed by atoms with Gasteiger partial charge in [0.15, 0.2) is 0 Å². The second kappa shape index (κ2) is 5.55. The first-order chi connectivity index (χ1) is 8.33. The SMILES string of the molecule is CCc1ccc(OCc2ccoc2CN)cc1. The van der Waals surface area contributed by atoms with Gasteiger partial charge in [0.25, 0.3) is 0 Å². The van der Waals surface area contributed by atoms with Crippen molar-refractivity contribution in [2.75, 3.05) is 0 Å². The molecule has 1 aromatic heterocycles. The Labute approximate surface area is 101 Å². The first-order valence-corrected chi connectivity index (χ1v) is 5.80. The van der Waals surface area contributed by atoms with Crippen molar-refractivity contribution >= 4 is 0 Å². The molecule has 1 heterocycles. The van der Waals surface area contributed by atoms with Gasteiger partial charge in [0.1, 0.15) is 18.1 Å². The molecule has 2 rings (SSSR count). The molecule has 0 spiro atoms. The van der Waals surface area contributed by atoms with Gasteiger partial charge in [0.05, 0.1) is 12.8 Å². The molecule has 17 heavy (non-hydrogen) atoms. The molecule has 0 aliphatic rings. The monoisotopic (exact) mass is 231 g/mol. The van der Waals surface area contributed by atoms with E-state index < -0.39 is 0 Å². The van der Waals surface area contributed by atoms with E-state index in [0.717, 1.165) is 23.5 Å². The molecule has 0 unspecified atom stereocenters. The maximum atomic E-state index is 5.68. The third-order valence-corrected chi connectivity index (χ3v) is 2.75. The summed E-state index contributed by atoms with van der Waals surface area (Å²) < 4.78 is 10.9. The summed E-state index contributed by atoms with van der Waals surface area (Å²) in [7, 11) is 0. The highest BCUT2D eigenvalue weighted by Crippen LogP contribution is 2.16. The number of benzene rings is 1. The Morgan fingerprint density at radius 3 is 2.59 bits per heavy atom. The summed E-state index contributed by atoms with van der Waals surface area (Å²) in [6, 6.07) is 10.0. The summed E-state index contributed by atoms with van der Waals surface area (Å²) in [4.78, 5) is 0. The maximum absolute atomic E-state index is 5.68. The van der Waals surface area contributed by atoms with Crippen LogP contribution >= 0.6 is 0 Å². The maximum Gasteiger partial charge on any atom is 0.123 e. The van der Waals surface area contributed by atoms with Crippen LogP contribution in [0.2, 0.25) is 0 Å². The Morgan fingerprint density at radius 2 is 1.94 bits per heavy atom. The highest BCUT2D eigenvalue weighted by atomic mass is 16.5. The number of rotatable bonds is 5. The predicted octanol–water partition coefficient (Wildman–Crippen LogP) is 2.88. The van der Waals surface area contributed by atoms with Crippen LogP contribution in [-0.4, -0.2) is 0 Å². The molecule has 0 amide bonds. The molecular formula is C14H17NO2. The van der Waals surface area contributed by atoms with Gasteiger partial charge in [-0.05, 0) is 30.2 Å². The lowest BCUT2D eigenvalue weighted by molar-refractivity contribution is 0.302. The standard InChI is InChI=1S/C14H17NO2/c1-2-11-3-5-13(6-4-11)17-10-12-7-8-16-14(12)9-15/h3-8H,2,9-10,15H2,1H3. The fourth-order valence-corrected chi connectivity index (χ4v) is 1.66. The summed E-state index contributed by atoms with van der Waals surface area (Å²) in [5.41, 5.74) is 7.87. The zero-order chi connectivity index (χ0) is 12.1. The highest BCUT2D eigenvalue weighted by molar-refractivity contribution is 5.27. The third-order valence-electron chi connectivity index (χ3n) is 2.75. The summed E-state index contributed by atoms with van der Waals surface area (Å²) in [6.07, 6.45) is 2.68. The van der Waals surface area contributed by atoms with Crippen LogP contribution in [0.4, 0.5) is 0 Å². The first kappa shape index (κ1) is 11.7. The zero-order valence-electron chi connectivity index (χ0n) is 9.98. The van der Waals surface area contributed by atoms with Gasteiger partial charge in [-0.2, -0.15) is 0 Å². The van der Waals surface area contributed by atoms with Crippen LogP contribution in [0.1, 0.15) is 23.8 Å². The number of furan rings is 1. The molecule has 2 aromatic rings. The number of ether oxygens (including phenoxy) is 1. The van der Waals surface area contributed by atoms with Crippen LogP contribution < -0.4 is 10.5 Å². The predicted molar refractivity (Wildman–Crippen MR) is 66.8 cm³/mol. The van der Waals surface area contributed by atoms with E-state index in [1.165, 1.54) is 5.56 Å². The van der Waals surface area contributed by atoms with Crippen LogP contribution in [0.3, 0.4) is 0 Å². The van der Waals surface area contributed by atoms with E-state index in [0.29, 0.717) is 13.2 Å². The molecule has 0 aliphatic carbocycles. The average molecular weight is 231 g/mol. The lowest BCUT2D eigenvalue weighted by atomic mass is 10.2. The highest BCUT2D eigenvalue weighted by Gasteiger charge is 2.04. The molecular weight excluding hydrogens is 214 g/mol. The third kappa shape index (κ3) is 2.88. The molecule has 0 fully saturated rings. The average Bonchev–Trinajstić information content (AvgIpc) is 2.84. The summed E-state index contributed by atoms with van der Waals surface area (Å²) in [6.45, 7) is 3.03. The van der Waals surface area contributed by atoms with Gasteiger partial charge in [-0.25, -0.2) is 0 Å². The lowest BCUT2D eigenvalue weighted by Crippen LogP contribution is -2.01. The first-order valence-electron chi connectivity index (χ1n) is 5.80. The molecule has 3 heteroatoms. The lowest BCUT2D eigenvalue weighted by Gasteiger charge is -2.06. The van der Waals surface area contributed by atoms with Gasteiger partial charge >= 0.3 is 0 Å². The second-order valence-electron chi connectivity index (χ2n) is 3.86. The van der Waals surface area contributed by atoms with Crippen LogP contribution in [0, 0.1) is 0 Å². The van der Waals surface area contributed by atoms with Crippen molar-refractivity contribution in [3.05, 3.63) is 53.5 Å². The van der Waals surface area contributed by atoms with Crippen LogP contribution in [0.15, 0.2) is 41.0 Å². The quantitative estimate of drug-likeness (QED) is 0.860. The van der Waals surface area contributed by atoms with Gasteiger partial charge in [-0.3, -0.25) is 0 Å². The Morgan fingerprint density at radius 1 is 1.18 bits per heavy atom. The van der Waals surface area contributed by atoms with Gasteiger partial charge in [-0.15, -0.1) is 0 Å². The second-order valence-corrected chi connectivity index (χ2v) is 3.86. The molecule has 0 bridgehead atoms. The van der Waals surface area contributed by atoms with Crippen molar-refractivity contribution in [2.24, 2.45) is 5.73 Å². The number of hydrogen-bond donors (Lipinski definition) is 1. The van der Waals surface area contributed by atoms with E-state index in [1.54, 1.807) is 6.26 Å². The Hall–Kier alpha value is -1.74. The van der Waals surface area contributed by atoms with Gasteiger partial charge in [0.2, 0.25) is 0 Å². The normalized spacial score (nSPS) is 10.5. The largest absolute Gasteiger partial charge is 0.489 e. The van der Waals surface area contributed by atoms with E-state index in [9.17, 15) is 0 Å². The Bertz CT molecular complexity index is 459. The minimum absolute atomic E-state index is 0.403. The van der Waals surface area contributed by atoms with Crippen molar-refractivity contribution in [3.63, 3.8) is 0 Å². The van der Waals surface area contributed by atoms with Gasteiger partial charge in [-0.1, -0.05) is 19.1 Å². The molecule has 0 aliphatic heterocycles. The smallest absolute Gasteiger partial charge is 0.123 e. The van der Waals surface area contributed by atoms with Crippen molar-refractivity contribution in [2.45, 2.75) is 26.5 Å². The van der Waals surface area contributed by atoms with E-state index in [4.69, 9.17) is 14.9 Å². The van der Waals surface area contributed by atoms with E-state index in [-0.39, 0.29) is 0 Å². The molecule has 90 valence electrons. The summed E-state index contributed by atoms with van der Waals surface area (Å²) in [5.74, 6) is 1.65. The molecule has 3 nitrogen and oxygen atoms in total. The van der Waals surface area contributed by atoms with E-state index in [1.807, 2.05) is 18.2 Å². The number of hydrogen-bond acceptors (Lipinski definition) is 3. The fourth-order valence-electron chi connectivity index (χ4n) is 1.66. The van der Waals surface area contributed by atoms with Gasteiger partial charge in [0, 0.05) is 5.56 Å². The molecule has 0 saturated carbocycles. The number of nitrogens with two attached hydrogens (primary N) is 1. The Kier molecular flexibility index (Phi) is 3.83. The molecule has 2 N–H and O–H groups in total. The molecule has 0 radical (unpaired) electrons. The van der Waals surface area contributed by atoms with Crippen LogP contribution in [0.25, 0.3) is 0 Å². The minimum atomic E-state index is 0.403. The molecule has 0 atom stereocenters. The fraction of sp³-hybridized carbons (Fsp3) is 0.286. The van der Waals surface area contributed by atoms with Crippen molar-refractivity contribution < 1.29 is 9.15 Å². The molecule has 0 saturated heterocycles. The summed E-state index contributed by atoms with van der Waals surface area (Å²) in [5, 5.41) is 0. The van der Waals surface area contributed by atoms with Gasteiger partial charge < -0.3 is 14.9 Å². The topological polar surface area (TPSA) is 48.4 Å². The Balaban J connectivity index is 1.97. The van der Waals surface area contributed by atoms with Crippen LogP contribution in [0.5, 0.6) is 5.75 Å². The molecule has 1 aromatic carbocycles. The van der Waals surface area contributed by atoms with Crippen LogP contribution in [-0.2, 0) is 19.6 Å². The van der Waals surface area contributed by atoms with Crippen molar-refractivity contribution in [1.82, 2.24) is 0 Å².